The van der Waals surface area contributed by atoms with Crippen LogP contribution in [0.1, 0.15) is 19.3 Å². The highest BCUT2D eigenvalue weighted by molar-refractivity contribution is 8.00. The predicted octanol–water partition coefficient (Wildman–Crippen LogP) is 1.16. The van der Waals surface area contributed by atoms with E-state index in [0.29, 0.717) is 0 Å². The zero-order chi connectivity index (χ0) is 9.10. The molecule has 0 aromatic rings. The number of hydrogen-bond acceptors (Lipinski definition) is 3. The maximum Gasteiger partial charge on any atom is 0.0230 e. The molecule has 2 fully saturated rings. The molecule has 76 valence electrons. The van der Waals surface area contributed by atoms with E-state index in [1.54, 1.807) is 0 Å². The van der Waals surface area contributed by atoms with Crippen molar-refractivity contribution in [3.05, 3.63) is 0 Å². The summed E-state index contributed by atoms with van der Waals surface area (Å²) in [6.45, 7) is 3.45. The van der Waals surface area contributed by atoms with Gasteiger partial charge in [0.15, 0.2) is 0 Å². The van der Waals surface area contributed by atoms with Crippen LogP contribution >= 0.6 is 11.8 Å². The van der Waals surface area contributed by atoms with Crippen molar-refractivity contribution in [3.8, 4) is 0 Å². The molecule has 1 atom stereocenters. The van der Waals surface area contributed by atoms with Gasteiger partial charge in [-0.3, -0.25) is 4.90 Å². The first kappa shape index (κ1) is 9.81. The second-order valence-electron chi connectivity index (χ2n) is 4.26. The quantitative estimate of drug-likeness (QED) is 0.722. The van der Waals surface area contributed by atoms with E-state index in [0.717, 1.165) is 18.5 Å². The maximum atomic E-state index is 5.65. The van der Waals surface area contributed by atoms with Crippen LogP contribution in [0.4, 0.5) is 0 Å². The van der Waals surface area contributed by atoms with Gasteiger partial charge in [0, 0.05) is 19.1 Å². The summed E-state index contributed by atoms with van der Waals surface area (Å²) in [5, 5.41) is 0. The van der Waals surface area contributed by atoms with Crippen molar-refractivity contribution in [1.82, 2.24) is 4.90 Å². The molecule has 0 spiro atoms. The lowest BCUT2D eigenvalue weighted by atomic mass is 10.0. The molecule has 0 aliphatic carbocycles. The number of rotatable bonds is 5. The van der Waals surface area contributed by atoms with Crippen LogP contribution in [0, 0.1) is 5.92 Å². The standard InChI is InChI=1S/C10H20N2S/c11-6-10-3-5-12(10)4-1-2-9-7-13-8-9/h9-10H,1-8,11H2. The summed E-state index contributed by atoms with van der Waals surface area (Å²) in [7, 11) is 0. The Morgan fingerprint density at radius 1 is 1.38 bits per heavy atom. The Morgan fingerprint density at radius 2 is 2.23 bits per heavy atom. The minimum absolute atomic E-state index is 0.718. The van der Waals surface area contributed by atoms with E-state index < -0.39 is 0 Å². The molecule has 0 radical (unpaired) electrons. The fourth-order valence-electron chi connectivity index (χ4n) is 2.09. The van der Waals surface area contributed by atoms with Crippen molar-refractivity contribution >= 4 is 11.8 Å². The van der Waals surface area contributed by atoms with Gasteiger partial charge in [0.25, 0.3) is 0 Å². The van der Waals surface area contributed by atoms with Crippen LogP contribution in [0.5, 0.6) is 0 Å². The van der Waals surface area contributed by atoms with E-state index in [1.807, 2.05) is 0 Å². The lowest BCUT2D eigenvalue weighted by Gasteiger charge is -2.40. The molecule has 0 saturated carbocycles. The van der Waals surface area contributed by atoms with Crippen LogP contribution < -0.4 is 5.73 Å². The third-order valence-corrected chi connectivity index (χ3v) is 4.72. The maximum absolute atomic E-state index is 5.65. The van der Waals surface area contributed by atoms with Crippen LogP contribution in [-0.2, 0) is 0 Å². The molecule has 2 aliphatic heterocycles. The summed E-state index contributed by atoms with van der Waals surface area (Å²) >= 11 is 2.10. The van der Waals surface area contributed by atoms with E-state index in [-0.39, 0.29) is 0 Å². The summed E-state index contributed by atoms with van der Waals surface area (Å²) in [6.07, 6.45) is 4.16. The average Bonchev–Trinajstić information content (AvgIpc) is 1.99. The summed E-state index contributed by atoms with van der Waals surface area (Å²) in [5.41, 5.74) is 5.65. The molecule has 0 aromatic heterocycles. The van der Waals surface area contributed by atoms with Gasteiger partial charge in [-0.05, 0) is 43.2 Å². The Morgan fingerprint density at radius 3 is 2.69 bits per heavy atom. The smallest absolute Gasteiger partial charge is 0.0230 e. The molecule has 3 heteroatoms. The van der Waals surface area contributed by atoms with Gasteiger partial charge in [0.1, 0.15) is 0 Å². The normalized spacial score (nSPS) is 29.8. The van der Waals surface area contributed by atoms with Gasteiger partial charge in [-0.1, -0.05) is 0 Å². The van der Waals surface area contributed by atoms with Gasteiger partial charge in [0.2, 0.25) is 0 Å². The highest BCUT2D eigenvalue weighted by Gasteiger charge is 2.26. The lowest BCUT2D eigenvalue weighted by Crippen LogP contribution is -2.51. The highest BCUT2D eigenvalue weighted by atomic mass is 32.2. The Hall–Kier alpha value is 0.270. The highest BCUT2D eigenvalue weighted by Crippen LogP contribution is 2.28. The topological polar surface area (TPSA) is 29.3 Å². The SMILES string of the molecule is NCC1CCN1CCCC1CSC1. The van der Waals surface area contributed by atoms with Crippen molar-refractivity contribution in [2.45, 2.75) is 25.3 Å². The minimum Gasteiger partial charge on any atom is -0.329 e. The monoisotopic (exact) mass is 200 g/mol. The Labute approximate surface area is 85.2 Å². The second kappa shape index (κ2) is 4.67. The molecule has 2 heterocycles. The second-order valence-corrected chi connectivity index (χ2v) is 5.33. The number of likely N-dealkylation sites (tertiary alicyclic amines) is 1. The molecule has 2 aliphatic rings. The summed E-state index contributed by atoms with van der Waals surface area (Å²) in [4.78, 5) is 2.55. The Bertz CT molecular complexity index is 157. The molecule has 0 bridgehead atoms. The van der Waals surface area contributed by atoms with E-state index in [2.05, 4.69) is 16.7 Å². The number of nitrogens with two attached hydrogens (primary N) is 1. The van der Waals surface area contributed by atoms with Gasteiger partial charge >= 0.3 is 0 Å². The Balaban J connectivity index is 1.52. The predicted molar refractivity (Wildman–Crippen MR) is 59.1 cm³/mol. The Kier molecular flexibility index (Phi) is 3.52. The van der Waals surface area contributed by atoms with Gasteiger partial charge in [-0.2, -0.15) is 11.8 Å². The fraction of sp³-hybridized carbons (Fsp3) is 1.00. The first-order chi connectivity index (χ1) is 6.40. The van der Waals surface area contributed by atoms with Gasteiger partial charge in [0.05, 0.1) is 0 Å². The first-order valence-corrected chi connectivity index (χ1v) is 6.57. The van der Waals surface area contributed by atoms with Crippen LogP contribution in [-0.4, -0.2) is 42.1 Å². The number of thioether (sulfide) groups is 1. The first-order valence-electron chi connectivity index (χ1n) is 5.42. The summed E-state index contributed by atoms with van der Waals surface area (Å²) in [5.74, 6) is 3.88. The molecule has 13 heavy (non-hydrogen) atoms. The van der Waals surface area contributed by atoms with Crippen LogP contribution in [0.2, 0.25) is 0 Å². The zero-order valence-electron chi connectivity index (χ0n) is 8.24. The van der Waals surface area contributed by atoms with Crippen molar-refractivity contribution in [2.75, 3.05) is 31.1 Å². The van der Waals surface area contributed by atoms with Crippen molar-refractivity contribution in [3.63, 3.8) is 0 Å². The molecule has 2 rings (SSSR count). The van der Waals surface area contributed by atoms with E-state index in [1.165, 1.54) is 43.9 Å². The summed E-state index contributed by atoms with van der Waals surface area (Å²) < 4.78 is 0. The average molecular weight is 200 g/mol. The van der Waals surface area contributed by atoms with E-state index in [9.17, 15) is 0 Å². The largest absolute Gasteiger partial charge is 0.329 e. The van der Waals surface area contributed by atoms with Gasteiger partial charge in [-0.15, -0.1) is 0 Å². The third-order valence-electron chi connectivity index (χ3n) is 3.30. The fourth-order valence-corrected chi connectivity index (χ4v) is 2.99. The van der Waals surface area contributed by atoms with Crippen LogP contribution in [0.3, 0.4) is 0 Å². The minimum atomic E-state index is 0.718. The zero-order valence-corrected chi connectivity index (χ0v) is 9.06. The van der Waals surface area contributed by atoms with Crippen LogP contribution in [0.25, 0.3) is 0 Å². The number of nitrogens with zero attached hydrogens (tertiary/aromatic N) is 1. The molecule has 0 amide bonds. The van der Waals surface area contributed by atoms with Crippen molar-refractivity contribution < 1.29 is 0 Å². The molecule has 2 saturated heterocycles. The molecule has 0 aromatic carbocycles. The van der Waals surface area contributed by atoms with E-state index >= 15 is 0 Å². The van der Waals surface area contributed by atoms with Gasteiger partial charge < -0.3 is 5.73 Å². The van der Waals surface area contributed by atoms with E-state index in [4.69, 9.17) is 5.73 Å². The van der Waals surface area contributed by atoms with Crippen molar-refractivity contribution in [2.24, 2.45) is 11.7 Å². The molecule has 2 nitrogen and oxygen atoms in total. The number of hydrogen-bond donors (Lipinski definition) is 1. The van der Waals surface area contributed by atoms with Crippen molar-refractivity contribution in [1.29, 1.82) is 0 Å². The molecule has 2 N–H and O–H groups in total. The summed E-state index contributed by atoms with van der Waals surface area (Å²) in [6, 6.07) is 0.718. The molecular formula is C10H20N2S. The lowest BCUT2D eigenvalue weighted by molar-refractivity contribution is 0.0935. The third kappa shape index (κ3) is 2.39. The molecule has 1 unspecified atom stereocenters. The molecular weight excluding hydrogens is 180 g/mol. The van der Waals surface area contributed by atoms with Gasteiger partial charge in [-0.25, -0.2) is 0 Å². The van der Waals surface area contributed by atoms with Crippen LogP contribution in [0.15, 0.2) is 0 Å².